The fraction of sp³-hybridized carbons (Fsp3) is 0.346. The number of aliphatic hydroxyl groups is 1. The molecular formula is C26H29NO7. The monoisotopic (exact) mass is 467 g/mol. The van der Waals surface area contributed by atoms with Gasteiger partial charge in [-0.2, -0.15) is 0 Å². The van der Waals surface area contributed by atoms with Crippen LogP contribution in [-0.2, 0) is 19.1 Å². The molecule has 0 aliphatic carbocycles. The number of Topliss-reactive ketones (excluding diaryl/α,β-unsaturated/α-hetero) is 1. The normalized spacial score (nSPS) is 17.4. The van der Waals surface area contributed by atoms with Gasteiger partial charge in [0.2, 0.25) is 0 Å². The third-order valence-corrected chi connectivity index (χ3v) is 5.34. The standard InChI is InChI=1S/C26H29NO7/c1-15(2)33-21-11-8-19(14-16(21)3)24(29)22-23(27(12-13-32-5)26(31)25(22)30)18-6-9-20(10-7-18)34-17(4)28/h6-11,14-15,23,29H,12-13H2,1-5H3/b24-22-. The first kappa shape index (κ1) is 25.0. The fourth-order valence-corrected chi connectivity index (χ4v) is 3.87. The van der Waals surface area contributed by atoms with Crippen LogP contribution in [-0.4, -0.2) is 54.0 Å². The van der Waals surface area contributed by atoms with E-state index in [2.05, 4.69) is 0 Å². The van der Waals surface area contributed by atoms with E-state index in [0.717, 1.165) is 5.56 Å². The molecule has 0 saturated carbocycles. The van der Waals surface area contributed by atoms with Crippen LogP contribution < -0.4 is 9.47 Å². The first-order chi connectivity index (χ1) is 16.1. The highest BCUT2D eigenvalue weighted by Gasteiger charge is 2.45. The molecular weight excluding hydrogens is 438 g/mol. The molecule has 0 radical (unpaired) electrons. The van der Waals surface area contributed by atoms with Crippen LogP contribution in [0, 0.1) is 6.92 Å². The van der Waals surface area contributed by atoms with E-state index in [-0.39, 0.29) is 30.6 Å². The van der Waals surface area contributed by atoms with Gasteiger partial charge >= 0.3 is 5.97 Å². The van der Waals surface area contributed by atoms with Gasteiger partial charge in [-0.15, -0.1) is 0 Å². The predicted molar refractivity (Wildman–Crippen MR) is 126 cm³/mol. The molecule has 0 aromatic heterocycles. The molecule has 8 nitrogen and oxygen atoms in total. The molecule has 2 aromatic rings. The summed E-state index contributed by atoms with van der Waals surface area (Å²) in [6, 6.07) is 10.8. The summed E-state index contributed by atoms with van der Waals surface area (Å²) >= 11 is 0. The van der Waals surface area contributed by atoms with Crippen molar-refractivity contribution in [3.8, 4) is 11.5 Å². The molecule has 1 saturated heterocycles. The maximum Gasteiger partial charge on any atom is 0.308 e. The number of likely N-dealkylation sites (tertiary alicyclic amines) is 1. The van der Waals surface area contributed by atoms with Crippen molar-refractivity contribution in [2.45, 2.75) is 39.8 Å². The largest absolute Gasteiger partial charge is 0.507 e. The van der Waals surface area contributed by atoms with Crippen molar-refractivity contribution in [2.24, 2.45) is 0 Å². The minimum Gasteiger partial charge on any atom is -0.507 e. The van der Waals surface area contributed by atoms with E-state index in [0.29, 0.717) is 22.6 Å². The highest BCUT2D eigenvalue weighted by Crippen LogP contribution is 2.40. The molecule has 1 aliphatic heterocycles. The summed E-state index contributed by atoms with van der Waals surface area (Å²) in [4.78, 5) is 38.5. The first-order valence-corrected chi connectivity index (χ1v) is 11.0. The average Bonchev–Trinajstić information content (AvgIpc) is 3.03. The summed E-state index contributed by atoms with van der Waals surface area (Å²) in [6.07, 6.45) is -0.0146. The van der Waals surface area contributed by atoms with Crippen LogP contribution in [0.15, 0.2) is 48.0 Å². The van der Waals surface area contributed by atoms with Crippen LogP contribution in [0.1, 0.15) is 43.5 Å². The number of nitrogens with zero attached hydrogens (tertiary/aromatic N) is 1. The number of rotatable bonds is 8. The third-order valence-electron chi connectivity index (χ3n) is 5.34. The lowest BCUT2D eigenvalue weighted by atomic mass is 9.94. The molecule has 3 rings (SSSR count). The number of ketones is 1. The number of aliphatic hydroxyl groups excluding tert-OH is 1. The predicted octanol–water partition coefficient (Wildman–Crippen LogP) is 3.78. The number of amides is 1. The van der Waals surface area contributed by atoms with E-state index in [1.165, 1.54) is 18.9 Å². The number of esters is 1. The number of carbonyl (C=O) groups excluding carboxylic acids is 3. The molecule has 34 heavy (non-hydrogen) atoms. The summed E-state index contributed by atoms with van der Waals surface area (Å²) in [5, 5.41) is 11.2. The first-order valence-electron chi connectivity index (χ1n) is 11.0. The Morgan fingerprint density at radius 1 is 1.12 bits per heavy atom. The molecule has 1 heterocycles. The van der Waals surface area contributed by atoms with E-state index in [1.54, 1.807) is 42.5 Å². The molecule has 1 fully saturated rings. The van der Waals surface area contributed by atoms with Crippen LogP contribution >= 0.6 is 0 Å². The molecule has 180 valence electrons. The van der Waals surface area contributed by atoms with Gasteiger partial charge in [0.1, 0.15) is 17.3 Å². The van der Waals surface area contributed by atoms with Gasteiger partial charge in [0.05, 0.1) is 24.3 Å². The van der Waals surface area contributed by atoms with Gasteiger partial charge in [0, 0.05) is 26.1 Å². The zero-order chi connectivity index (χ0) is 25.0. The van der Waals surface area contributed by atoms with Gasteiger partial charge in [0.15, 0.2) is 0 Å². The van der Waals surface area contributed by atoms with Crippen molar-refractivity contribution in [1.82, 2.24) is 4.90 Å². The lowest BCUT2D eigenvalue weighted by Crippen LogP contribution is -2.32. The Hall–Kier alpha value is -3.65. The topological polar surface area (TPSA) is 102 Å². The minimum atomic E-state index is -0.826. The Balaban J connectivity index is 2.09. The third kappa shape index (κ3) is 5.28. The van der Waals surface area contributed by atoms with Crippen molar-refractivity contribution < 1.29 is 33.7 Å². The van der Waals surface area contributed by atoms with Crippen LogP contribution in [0.4, 0.5) is 0 Å². The second-order valence-corrected chi connectivity index (χ2v) is 8.29. The number of methoxy groups -OCH3 is 1. The molecule has 1 atom stereocenters. The van der Waals surface area contributed by atoms with Gasteiger partial charge in [-0.05, 0) is 62.2 Å². The SMILES string of the molecule is COCCN1C(=O)C(=O)/C(=C(\O)c2ccc(OC(C)C)c(C)c2)C1c1ccc(OC(C)=O)cc1. The summed E-state index contributed by atoms with van der Waals surface area (Å²) < 4.78 is 16.0. The Bertz CT molecular complexity index is 1120. The highest BCUT2D eigenvalue weighted by molar-refractivity contribution is 6.46. The van der Waals surface area contributed by atoms with Crippen LogP contribution in [0.5, 0.6) is 11.5 Å². The summed E-state index contributed by atoms with van der Waals surface area (Å²) in [7, 11) is 1.50. The Kier molecular flexibility index (Phi) is 7.73. The van der Waals surface area contributed by atoms with Crippen molar-refractivity contribution in [2.75, 3.05) is 20.3 Å². The van der Waals surface area contributed by atoms with E-state index in [1.807, 2.05) is 20.8 Å². The number of aryl methyl sites for hydroxylation is 1. The molecule has 0 bridgehead atoms. The zero-order valence-electron chi connectivity index (χ0n) is 20.0. The highest BCUT2D eigenvalue weighted by atomic mass is 16.5. The molecule has 0 spiro atoms. The number of ether oxygens (including phenoxy) is 3. The Morgan fingerprint density at radius 2 is 1.79 bits per heavy atom. The van der Waals surface area contributed by atoms with Crippen LogP contribution in [0.25, 0.3) is 5.76 Å². The van der Waals surface area contributed by atoms with E-state index in [9.17, 15) is 19.5 Å². The van der Waals surface area contributed by atoms with Crippen molar-refractivity contribution in [3.63, 3.8) is 0 Å². The number of hydrogen-bond acceptors (Lipinski definition) is 7. The van der Waals surface area contributed by atoms with Crippen LogP contribution in [0.2, 0.25) is 0 Å². The van der Waals surface area contributed by atoms with Gasteiger partial charge < -0.3 is 24.2 Å². The zero-order valence-corrected chi connectivity index (χ0v) is 20.0. The fourth-order valence-electron chi connectivity index (χ4n) is 3.87. The second kappa shape index (κ2) is 10.5. The molecule has 1 unspecified atom stereocenters. The van der Waals surface area contributed by atoms with Crippen LogP contribution in [0.3, 0.4) is 0 Å². The lowest BCUT2D eigenvalue weighted by Gasteiger charge is -2.25. The maximum absolute atomic E-state index is 13.0. The smallest absolute Gasteiger partial charge is 0.308 e. The van der Waals surface area contributed by atoms with Gasteiger partial charge in [-0.3, -0.25) is 14.4 Å². The molecule has 8 heteroatoms. The average molecular weight is 468 g/mol. The molecule has 2 aromatic carbocycles. The van der Waals surface area contributed by atoms with E-state index < -0.39 is 23.7 Å². The molecule has 1 N–H and O–H groups in total. The Morgan fingerprint density at radius 3 is 2.35 bits per heavy atom. The second-order valence-electron chi connectivity index (χ2n) is 8.29. The summed E-state index contributed by atoms with van der Waals surface area (Å²) in [6.45, 7) is 7.36. The summed E-state index contributed by atoms with van der Waals surface area (Å²) in [5.41, 5.74) is 1.76. The van der Waals surface area contributed by atoms with Gasteiger partial charge in [-0.25, -0.2) is 0 Å². The van der Waals surface area contributed by atoms with Crippen molar-refractivity contribution >= 4 is 23.4 Å². The van der Waals surface area contributed by atoms with Crippen molar-refractivity contribution in [1.29, 1.82) is 0 Å². The maximum atomic E-state index is 13.0. The minimum absolute atomic E-state index is 0.0146. The quantitative estimate of drug-likeness (QED) is 0.207. The number of hydrogen-bond donors (Lipinski definition) is 1. The Labute approximate surface area is 198 Å². The van der Waals surface area contributed by atoms with E-state index in [4.69, 9.17) is 14.2 Å². The molecule has 1 aliphatic rings. The van der Waals surface area contributed by atoms with E-state index >= 15 is 0 Å². The number of carbonyl (C=O) groups is 3. The van der Waals surface area contributed by atoms with Gasteiger partial charge in [0.25, 0.3) is 11.7 Å². The van der Waals surface area contributed by atoms with Gasteiger partial charge in [-0.1, -0.05) is 12.1 Å². The number of benzene rings is 2. The lowest BCUT2D eigenvalue weighted by molar-refractivity contribution is -0.140. The molecule has 1 amide bonds. The summed E-state index contributed by atoms with van der Waals surface area (Å²) in [5.74, 6) is -1.22. The van der Waals surface area contributed by atoms with Crippen molar-refractivity contribution in [3.05, 3.63) is 64.7 Å².